The van der Waals surface area contributed by atoms with Crippen LogP contribution in [0.4, 0.5) is 0 Å². The lowest BCUT2D eigenvalue weighted by molar-refractivity contribution is 0.0526. The third-order valence-corrected chi connectivity index (χ3v) is 4.43. The van der Waals surface area contributed by atoms with Crippen LogP contribution in [0.5, 0.6) is 0 Å². The van der Waals surface area contributed by atoms with Crippen LogP contribution in [0.25, 0.3) is 11.0 Å². The molecule has 0 aliphatic heterocycles. The van der Waals surface area contributed by atoms with Gasteiger partial charge in [0.15, 0.2) is 0 Å². The van der Waals surface area contributed by atoms with E-state index in [9.17, 15) is 9.59 Å². The highest BCUT2D eigenvalue weighted by Gasteiger charge is 2.27. The summed E-state index contributed by atoms with van der Waals surface area (Å²) in [5, 5.41) is 0.883. The van der Waals surface area contributed by atoms with Crippen molar-refractivity contribution >= 4 is 16.9 Å². The van der Waals surface area contributed by atoms with E-state index >= 15 is 0 Å². The number of para-hydroxylation sites is 1. The van der Waals surface area contributed by atoms with E-state index in [-0.39, 0.29) is 11.6 Å². The number of rotatable bonds is 4. The zero-order valence-electron chi connectivity index (χ0n) is 14.5. The smallest absolute Gasteiger partial charge is 0.340 e. The van der Waals surface area contributed by atoms with Crippen LogP contribution in [-0.4, -0.2) is 12.6 Å². The molecule has 4 heteroatoms. The number of hydrogen-bond acceptors (Lipinski definition) is 4. The van der Waals surface area contributed by atoms with Crippen LogP contribution in [0.2, 0.25) is 0 Å². The molecule has 0 saturated heterocycles. The minimum Gasteiger partial charge on any atom is -0.462 e. The molecule has 1 aromatic heterocycles. The van der Waals surface area contributed by atoms with Crippen LogP contribution in [0.1, 0.15) is 42.3 Å². The summed E-state index contributed by atoms with van der Waals surface area (Å²) in [4.78, 5) is 24.3. The number of hydrogen-bond donors (Lipinski definition) is 0. The lowest BCUT2D eigenvalue weighted by atomic mass is 9.78. The summed E-state index contributed by atoms with van der Waals surface area (Å²) in [5.41, 5.74) is 1.66. The largest absolute Gasteiger partial charge is 0.462 e. The van der Waals surface area contributed by atoms with E-state index in [1.807, 2.05) is 50.2 Å². The normalized spacial score (nSPS) is 11.5. The van der Waals surface area contributed by atoms with Gasteiger partial charge in [-0.15, -0.1) is 0 Å². The lowest BCUT2D eigenvalue weighted by Gasteiger charge is -2.25. The van der Waals surface area contributed by atoms with Gasteiger partial charge in [-0.2, -0.15) is 0 Å². The Morgan fingerprint density at radius 1 is 1.08 bits per heavy atom. The molecular formula is C21H20O4. The van der Waals surface area contributed by atoms with Gasteiger partial charge in [0.1, 0.15) is 5.58 Å². The topological polar surface area (TPSA) is 56.5 Å². The van der Waals surface area contributed by atoms with E-state index in [1.54, 1.807) is 25.1 Å². The maximum absolute atomic E-state index is 12.5. The van der Waals surface area contributed by atoms with Crippen molar-refractivity contribution < 1.29 is 13.9 Å². The van der Waals surface area contributed by atoms with E-state index in [0.29, 0.717) is 23.3 Å². The first kappa shape index (κ1) is 17.0. The first-order chi connectivity index (χ1) is 11.9. The van der Waals surface area contributed by atoms with Crippen molar-refractivity contribution in [2.75, 3.05) is 6.61 Å². The van der Waals surface area contributed by atoms with Crippen molar-refractivity contribution in [1.82, 2.24) is 0 Å². The molecule has 3 rings (SSSR count). The number of fused-ring (bicyclic) bond motifs is 1. The molecule has 0 aliphatic rings. The minimum absolute atomic E-state index is 0.338. The van der Waals surface area contributed by atoms with Crippen LogP contribution in [0.3, 0.4) is 0 Å². The van der Waals surface area contributed by atoms with Gasteiger partial charge in [-0.3, -0.25) is 0 Å². The van der Waals surface area contributed by atoms with Crippen LogP contribution in [0.15, 0.2) is 63.8 Å². The molecule has 0 N–H and O–H groups in total. The summed E-state index contributed by atoms with van der Waals surface area (Å²) < 4.78 is 10.5. The molecule has 0 amide bonds. The highest BCUT2D eigenvalue weighted by molar-refractivity contribution is 5.89. The predicted molar refractivity (Wildman–Crippen MR) is 97.0 cm³/mol. The third-order valence-electron chi connectivity index (χ3n) is 4.43. The van der Waals surface area contributed by atoms with E-state index in [0.717, 1.165) is 10.9 Å². The van der Waals surface area contributed by atoms with Crippen molar-refractivity contribution in [2.24, 2.45) is 0 Å². The Morgan fingerprint density at radius 2 is 1.76 bits per heavy atom. The zero-order chi connectivity index (χ0) is 18.0. The van der Waals surface area contributed by atoms with Crippen molar-refractivity contribution in [3.05, 3.63) is 81.7 Å². The maximum atomic E-state index is 12.5. The monoisotopic (exact) mass is 336 g/mol. The Labute approximate surface area is 146 Å². The molecule has 128 valence electrons. The van der Waals surface area contributed by atoms with Gasteiger partial charge in [0.2, 0.25) is 0 Å². The Morgan fingerprint density at radius 3 is 2.44 bits per heavy atom. The fourth-order valence-electron chi connectivity index (χ4n) is 2.89. The number of carbonyl (C=O) groups is 1. The fraction of sp³-hybridized carbons (Fsp3) is 0.238. The molecule has 1 heterocycles. The quantitative estimate of drug-likeness (QED) is 0.527. The number of carbonyl (C=O) groups excluding carboxylic acids is 1. The van der Waals surface area contributed by atoms with E-state index in [1.165, 1.54) is 0 Å². The Bertz CT molecular complexity index is 965. The van der Waals surface area contributed by atoms with Gasteiger partial charge in [-0.1, -0.05) is 44.2 Å². The average Bonchev–Trinajstić information content (AvgIpc) is 2.61. The molecule has 25 heavy (non-hydrogen) atoms. The number of esters is 1. The maximum Gasteiger partial charge on any atom is 0.340 e. The zero-order valence-corrected chi connectivity index (χ0v) is 14.5. The van der Waals surface area contributed by atoms with Crippen molar-refractivity contribution in [3.63, 3.8) is 0 Å². The van der Waals surface area contributed by atoms with Crippen molar-refractivity contribution in [3.8, 4) is 0 Å². The third kappa shape index (κ3) is 3.20. The molecule has 3 aromatic rings. The van der Waals surface area contributed by atoms with Crippen LogP contribution < -0.4 is 5.63 Å². The summed E-state index contributed by atoms with van der Waals surface area (Å²) in [7, 11) is 0. The fourth-order valence-corrected chi connectivity index (χ4v) is 2.89. The number of benzene rings is 2. The second kappa shape index (κ2) is 6.55. The molecule has 0 aliphatic carbocycles. The highest BCUT2D eigenvalue weighted by atomic mass is 16.5. The van der Waals surface area contributed by atoms with Gasteiger partial charge in [0.05, 0.1) is 12.2 Å². The standard InChI is InChI=1S/C21H20O4/c1-4-24-19(22)14-9-11-16(12-10-14)21(2,3)17-13-15-7-5-6-8-18(15)25-20(17)23/h5-13H,4H2,1-3H3. The van der Waals surface area contributed by atoms with Crippen molar-refractivity contribution in [1.29, 1.82) is 0 Å². The highest BCUT2D eigenvalue weighted by Crippen LogP contribution is 2.31. The van der Waals surface area contributed by atoms with Crippen molar-refractivity contribution in [2.45, 2.75) is 26.2 Å². The Kier molecular flexibility index (Phi) is 4.45. The van der Waals surface area contributed by atoms with Gasteiger partial charge in [-0.05, 0) is 36.8 Å². The number of ether oxygens (including phenoxy) is 1. The van der Waals surface area contributed by atoms with E-state index in [2.05, 4.69) is 0 Å². The summed E-state index contributed by atoms with van der Waals surface area (Å²) in [6.07, 6.45) is 0. The van der Waals surface area contributed by atoms with Gasteiger partial charge in [0, 0.05) is 16.4 Å². The van der Waals surface area contributed by atoms with Crippen LogP contribution >= 0.6 is 0 Å². The molecule has 4 nitrogen and oxygen atoms in total. The molecular weight excluding hydrogens is 316 g/mol. The SMILES string of the molecule is CCOC(=O)c1ccc(C(C)(C)c2cc3ccccc3oc2=O)cc1. The van der Waals surface area contributed by atoms with Gasteiger partial charge < -0.3 is 9.15 Å². The molecule has 0 bridgehead atoms. The first-order valence-electron chi connectivity index (χ1n) is 8.24. The molecule has 0 saturated carbocycles. The average molecular weight is 336 g/mol. The van der Waals surface area contributed by atoms with E-state index in [4.69, 9.17) is 9.15 Å². The van der Waals surface area contributed by atoms with Crippen LogP contribution in [-0.2, 0) is 10.2 Å². The van der Waals surface area contributed by atoms with E-state index < -0.39 is 5.41 Å². The Hall–Kier alpha value is -2.88. The molecule has 0 unspecified atom stereocenters. The van der Waals surface area contributed by atoms with Gasteiger partial charge in [-0.25, -0.2) is 9.59 Å². The summed E-state index contributed by atoms with van der Waals surface area (Å²) >= 11 is 0. The second-order valence-electron chi connectivity index (χ2n) is 6.41. The molecule has 0 fully saturated rings. The molecule has 0 radical (unpaired) electrons. The summed E-state index contributed by atoms with van der Waals surface area (Å²) in [6.45, 7) is 6.04. The van der Waals surface area contributed by atoms with Gasteiger partial charge >= 0.3 is 11.6 Å². The molecule has 2 aromatic carbocycles. The molecule has 0 spiro atoms. The van der Waals surface area contributed by atoms with Gasteiger partial charge in [0.25, 0.3) is 0 Å². The summed E-state index contributed by atoms with van der Waals surface area (Å²) in [5.74, 6) is -0.350. The lowest BCUT2D eigenvalue weighted by Crippen LogP contribution is -2.26. The Balaban J connectivity index is 2.02. The predicted octanol–water partition coefficient (Wildman–Crippen LogP) is 4.30. The minimum atomic E-state index is -0.558. The first-order valence-corrected chi connectivity index (χ1v) is 8.24. The molecule has 0 atom stereocenters. The summed E-state index contributed by atoms with van der Waals surface area (Å²) in [6, 6.07) is 16.5. The van der Waals surface area contributed by atoms with Crippen LogP contribution in [0, 0.1) is 0 Å². The second-order valence-corrected chi connectivity index (χ2v) is 6.41.